The van der Waals surface area contributed by atoms with E-state index in [4.69, 9.17) is 10.00 Å². The third-order valence-corrected chi connectivity index (χ3v) is 3.61. The summed E-state index contributed by atoms with van der Waals surface area (Å²) in [5.74, 6) is 0.874. The summed E-state index contributed by atoms with van der Waals surface area (Å²) in [5.41, 5.74) is 0. The van der Waals surface area contributed by atoms with E-state index in [9.17, 15) is 0 Å². The van der Waals surface area contributed by atoms with Gasteiger partial charge in [-0.15, -0.1) is 5.10 Å². The van der Waals surface area contributed by atoms with Gasteiger partial charge in [-0.3, -0.25) is 0 Å². The van der Waals surface area contributed by atoms with E-state index in [1.165, 1.54) is 0 Å². The van der Waals surface area contributed by atoms with Crippen molar-refractivity contribution >= 4 is 11.8 Å². The summed E-state index contributed by atoms with van der Waals surface area (Å²) >= 11 is 1.60. The molecule has 0 bridgehead atoms. The van der Waals surface area contributed by atoms with E-state index >= 15 is 0 Å². The van der Waals surface area contributed by atoms with E-state index < -0.39 is 0 Å². The van der Waals surface area contributed by atoms with E-state index in [0.29, 0.717) is 6.42 Å². The summed E-state index contributed by atoms with van der Waals surface area (Å²) in [4.78, 5) is 0. The Balaban J connectivity index is 1.81. The minimum absolute atomic E-state index is 0.247. The minimum atomic E-state index is 0.247. The third-order valence-electron chi connectivity index (χ3n) is 2.56. The molecule has 2 rings (SSSR count). The van der Waals surface area contributed by atoms with E-state index in [1.54, 1.807) is 16.4 Å². The number of rotatable bonds is 6. The SMILES string of the molecule is N#CCCCSc1nnnn1C[C@H]1CCCO1. The van der Waals surface area contributed by atoms with Crippen LogP contribution in [0.15, 0.2) is 5.16 Å². The molecule has 2 heterocycles. The summed E-state index contributed by atoms with van der Waals surface area (Å²) in [6.07, 6.45) is 3.90. The number of unbranched alkanes of at least 4 members (excludes halogenated alkanes) is 1. The van der Waals surface area contributed by atoms with Crippen LogP contribution < -0.4 is 0 Å². The monoisotopic (exact) mass is 253 g/mol. The van der Waals surface area contributed by atoms with Crippen molar-refractivity contribution in [2.45, 2.75) is 43.5 Å². The van der Waals surface area contributed by atoms with E-state index in [2.05, 4.69) is 21.6 Å². The molecule has 1 aromatic rings. The highest BCUT2D eigenvalue weighted by Crippen LogP contribution is 2.19. The molecule has 0 amide bonds. The smallest absolute Gasteiger partial charge is 0.209 e. The fourth-order valence-electron chi connectivity index (χ4n) is 1.71. The molecule has 0 radical (unpaired) electrons. The number of aromatic nitrogens is 4. The van der Waals surface area contributed by atoms with Gasteiger partial charge in [0.05, 0.1) is 18.7 Å². The second kappa shape index (κ2) is 6.57. The molecule has 17 heavy (non-hydrogen) atoms. The lowest BCUT2D eigenvalue weighted by Gasteiger charge is -2.09. The van der Waals surface area contributed by atoms with Crippen molar-refractivity contribution in [2.75, 3.05) is 12.4 Å². The zero-order valence-corrected chi connectivity index (χ0v) is 10.4. The van der Waals surface area contributed by atoms with E-state index in [1.807, 2.05) is 0 Å². The number of tetrazole rings is 1. The average Bonchev–Trinajstić information content (AvgIpc) is 2.97. The second-order valence-corrected chi connectivity index (χ2v) is 4.95. The third kappa shape index (κ3) is 3.68. The van der Waals surface area contributed by atoms with Crippen LogP contribution in [0.3, 0.4) is 0 Å². The predicted octanol–water partition coefficient (Wildman–Crippen LogP) is 1.25. The molecule has 1 aliphatic rings. The van der Waals surface area contributed by atoms with Gasteiger partial charge in [-0.25, -0.2) is 4.68 Å². The Kier molecular flexibility index (Phi) is 4.76. The van der Waals surface area contributed by atoms with Gasteiger partial charge in [0, 0.05) is 18.8 Å². The van der Waals surface area contributed by atoms with Gasteiger partial charge in [-0.2, -0.15) is 5.26 Å². The molecular formula is C10H15N5OS. The van der Waals surface area contributed by atoms with Gasteiger partial charge in [-0.1, -0.05) is 11.8 Å². The van der Waals surface area contributed by atoms with Crippen LogP contribution in [-0.4, -0.2) is 38.7 Å². The summed E-state index contributed by atoms with van der Waals surface area (Å²) in [7, 11) is 0. The molecule has 0 unspecified atom stereocenters. The molecular weight excluding hydrogens is 238 g/mol. The van der Waals surface area contributed by atoms with Crippen LogP contribution in [0.5, 0.6) is 0 Å². The highest BCUT2D eigenvalue weighted by atomic mass is 32.2. The van der Waals surface area contributed by atoms with Gasteiger partial charge < -0.3 is 4.74 Å². The number of ether oxygens (including phenoxy) is 1. The molecule has 0 aliphatic carbocycles. The van der Waals surface area contributed by atoms with Gasteiger partial charge in [0.25, 0.3) is 0 Å². The molecule has 6 nitrogen and oxygen atoms in total. The number of nitrogens with zero attached hydrogens (tertiary/aromatic N) is 5. The molecule has 0 aromatic carbocycles. The number of hydrogen-bond acceptors (Lipinski definition) is 6. The lowest BCUT2D eigenvalue weighted by molar-refractivity contribution is 0.0912. The van der Waals surface area contributed by atoms with Gasteiger partial charge >= 0.3 is 0 Å². The maximum absolute atomic E-state index is 8.45. The van der Waals surface area contributed by atoms with Crippen molar-refractivity contribution in [3.63, 3.8) is 0 Å². The first-order valence-corrected chi connectivity index (χ1v) is 6.76. The van der Waals surface area contributed by atoms with Crippen LogP contribution in [0.1, 0.15) is 25.7 Å². The fraction of sp³-hybridized carbons (Fsp3) is 0.800. The molecule has 1 aromatic heterocycles. The van der Waals surface area contributed by atoms with Crippen LogP contribution in [0, 0.1) is 11.3 Å². The van der Waals surface area contributed by atoms with Crippen LogP contribution in [-0.2, 0) is 11.3 Å². The quantitative estimate of drug-likeness (QED) is 0.561. The summed E-state index contributed by atoms with van der Waals surface area (Å²) < 4.78 is 7.35. The van der Waals surface area contributed by atoms with Crippen LogP contribution >= 0.6 is 11.8 Å². The van der Waals surface area contributed by atoms with Crippen LogP contribution in [0.2, 0.25) is 0 Å². The van der Waals surface area contributed by atoms with Crippen molar-refractivity contribution in [1.82, 2.24) is 20.2 Å². The van der Waals surface area contributed by atoms with Crippen molar-refractivity contribution in [3.8, 4) is 6.07 Å². The van der Waals surface area contributed by atoms with Crippen molar-refractivity contribution in [2.24, 2.45) is 0 Å². The summed E-state index contributed by atoms with van der Waals surface area (Å²) in [6, 6.07) is 2.13. The van der Waals surface area contributed by atoms with Crippen molar-refractivity contribution in [3.05, 3.63) is 0 Å². The fourth-order valence-corrected chi connectivity index (χ4v) is 2.54. The van der Waals surface area contributed by atoms with Crippen molar-refractivity contribution in [1.29, 1.82) is 5.26 Å². The predicted molar refractivity (Wildman–Crippen MR) is 62.4 cm³/mol. The molecule has 1 atom stereocenters. The lowest BCUT2D eigenvalue weighted by Crippen LogP contribution is -2.16. The first-order valence-electron chi connectivity index (χ1n) is 5.77. The molecule has 0 N–H and O–H groups in total. The lowest BCUT2D eigenvalue weighted by atomic mass is 10.2. The minimum Gasteiger partial charge on any atom is -0.376 e. The van der Waals surface area contributed by atoms with Gasteiger partial charge in [0.2, 0.25) is 5.16 Å². The van der Waals surface area contributed by atoms with Crippen LogP contribution in [0.4, 0.5) is 0 Å². The van der Waals surface area contributed by atoms with Gasteiger partial charge in [-0.05, 0) is 29.7 Å². The summed E-state index contributed by atoms with van der Waals surface area (Å²) in [5, 5.41) is 20.9. The topological polar surface area (TPSA) is 76.6 Å². The molecule has 0 spiro atoms. The Hall–Kier alpha value is -1.13. The normalized spacial score (nSPS) is 19.4. The van der Waals surface area contributed by atoms with Gasteiger partial charge in [0.15, 0.2) is 0 Å². The molecule has 1 saturated heterocycles. The number of thioether (sulfide) groups is 1. The van der Waals surface area contributed by atoms with Crippen molar-refractivity contribution < 1.29 is 4.74 Å². The molecule has 7 heteroatoms. The van der Waals surface area contributed by atoms with E-state index in [-0.39, 0.29) is 6.10 Å². The Morgan fingerprint density at radius 1 is 1.59 bits per heavy atom. The van der Waals surface area contributed by atoms with Crippen LogP contribution in [0.25, 0.3) is 0 Å². The maximum Gasteiger partial charge on any atom is 0.209 e. The number of nitriles is 1. The molecule has 92 valence electrons. The summed E-state index contributed by atoms with van der Waals surface area (Å²) in [6.45, 7) is 1.57. The Morgan fingerprint density at radius 3 is 3.29 bits per heavy atom. The molecule has 1 aliphatic heterocycles. The molecule has 0 saturated carbocycles. The zero-order chi connectivity index (χ0) is 11.9. The Morgan fingerprint density at radius 2 is 2.53 bits per heavy atom. The number of hydrogen-bond donors (Lipinski definition) is 0. The largest absolute Gasteiger partial charge is 0.376 e. The first kappa shape index (κ1) is 12.3. The maximum atomic E-state index is 8.45. The second-order valence-electron chi connectivity index (χ2n) is 3.89. The first-order chi connectivity index (χ1) is 8.40. The molecule has 1 fully saturated rings. The Labute approximate surface area is 104 Å². The standard InChI is InChI=1S/C10H15N5OS/c11-5-1-2-7-17-10-12-13-14-15(10)8-9-4-3-6-16-9/h9H,1-4,6-8H2/t9-/m1/s1. The zero-order valence-electron chi connectivity index (χ0n) is 9.58. The highest BCUT2D eigenvalue weighted by molar-refractivity contribution is 7.99. The average molecular weight is 253 g/mol. The Bertz CT molecular complexity index is 382. The van der Waals surface area contributed by atoms with Gasteiger partial charge in [0.1, 0.15) is 0 Å². The van der Waals surface area contributed by atoms with E-state index in [0.717, 1.165) is 43.3 Å². The highest BCUT2D eigenvalue weighted by Gasteiger charge is 2.18.